The van der Waals surface area contributed by atoms with Crippen LogP contribution in [-0.2, 0) is 11.3 Å². The zero-order valence-electron chi connectivity index (χ0n) is 16.3. The number of aromatic nitrogens is 2. The predicted molar refractivity (Wildman–Crippen MR) is 107 cm³/mol. The minimum Gasteiger partial charge on any atom is -0.497 e. The Morgan fingerprint density at radius 2 is 2.25 bits per heavy atom. The van der Waals surface area contributed by atoms with Crippen LogP contribution in [0.5, 0.6) is 5.75 Å². The average Bonchev–Trinajstić information content (AvgIpc) is 3.16. The second-order valence-corrected chi connectivity index (χ2v) is 7.87. The lowest BCUT2D eigenvalue weighted by atomic mass is 9.93. The molecule has 0 spiro atoms. The zero-order chi connectivity index (χ0) is 19.9. The van der Waals surface area contributed by atoms with Gasteiger partial charge >= 0.3 is 0 Å². The number of nitrogens with zero attached hydrogens (tertiary/aromatic N) is 3. The molecule has 0 unspecified atom stereocenters. The van der Waals surface area contributed by atoms with Crippen LogP contribution < -0.4 is 10.1 Å². The van der Waals surface area contributed by atoms with E-state index in [-0.39, 0.29) is 11.8 Å². The van der Waals surface area contributed by atoms with Gasteiger partial charge in [0.25, 0.3) is 5.91 Å². The normalized spacial score (nSPS) is 16.6. The molecule has 1 aromatic carbocycles. The summed E-state index contributed by atoms with van der Waals surface area (Å²) in [6, 6.07) is 7.67. The van der Waals surface area contributed by atoms with E-state index in [0.29, 0.717) is 36.0 Å². The quantitative estimate of drug-likeness (QED) is 0.770. The maximum atomic E-state index is 12.6. The molecule has 1 aliphatic heterocycles. The lowest BCUT2D eigenvalue weighted by molar-refractivity contribution is -0.121. The number of piperidine rings is 1. The third-order valence-electron chi connectivity index (χ3n) is 5.06. The van der Waals surface area contributed by atoms with Gasteiger partial charge in [0.05, 0.1) is 12.8 Å². The molecule has 7 nitrogen and oxygen atoms in total. The van der Waals surface area contributed by atoms with Gasteiger partial charge in [-0.2, -0.15) is 0 Å². The van der Waals surface area contributed by atoms with Crippen molar-refractivity contribution in [2.24, 2.45) is 5.92 Å². The van der Waals surface area contributed by atoms with Crippen molar-refractivity contribution in [3.8, 4) is 5.75 Å². The molecular weight excluding hydrogens is 376 g/mol. The first-order chi connectivity index (χ1) is 13.6. The van der Waals surface area contributed by atoms with E-state index in [9.17, 15) is 9.59 Å². The summed E-state index contributed by atoms with van der Waals surface area (Å²) in [6.45, 7) is 3.75. The summed E-state index contributed by atoms with van der Waals surface area (Å²) in [5.74, 6) is 1.18. The first-order valence-corrected chi connectivity index (χ1v) is 10.3. The van der Waals surface area contributed by atoms with E-state index in [2.05, 4.69) is 14.9 Å². The van der Waals surface area contributed by atoms with E-state index in [1.54, 1.807) is 7.11 Å². The third kappa shape index (κ3) is 5.28. The van der Waals surface area contributed by atoms with Crippen LogP contribution in [-0.4, -0.2) is 46.5 Å². The van der Waals surface area contributed by atoms with Gasteiger partial charge in [-0.05, 0) is 61.3 Å². The number of carbonyl (C=O) groups is 2. The molecule has 1 aliphatic rings. The van der Waals surface area contributed by atoms with E-state index in [1.807, 2.05) is 36.1 Å². The highest BCUT2D eigenvalue weighted by Crippen LogP contribution is 2.24. The topological polar surface area (TPSA) is 84.4 Å². The van der Waals surface area contributed by atoms with Crippen LogP contribution in [0.2, 0.25) is 0 Å². The zero-order valence-corrected chi connectivity index (χ0v) is 17.1. The summed E-state index contributed by atoms with van der Waals surface area (Å²) in [6.07, 6.45) is 3.27. The highest BCUT2D eigenvalue weighted by molar-refractivity contribution is 7.07. The lowest BCUT2D eigenvalue weighted by Gasteiger charge is -2.32. The van der Waals surface area contributed by atoms with Gasteiger partial charge in [-0.3, -0.25) is 9.59 Å². The number of hydrogen-bond acceptors (Lipinski definition) is 6. The van der Waals surface area contributed by atoms with E-state index in [4.69, 9.17) is 4.74 Å². The van der Waals surface area contributed by atoms with Crippen molar-refractivity contribution in [1.82, 2.24) is 19.8 Å². The van der Waals surface area contributed by atoms with Gasteiger partial charge in [0.1, 0.15) is 10.6 Å². The fourth-order valence-corrected chi connectivity index (χ4v) is 4.09. The molecule has 0 bridgehead atoms. The minimum atomic E-state index is 0.0136. The summed E-state index contributed by atoms with van der Waals surface area (Å²) in [4.78, 5) is 27.4. The Balaban J connectivity index is 1.44. The standard InChI is InChI=1S/C20H26N4O3S/c1-14-19(28-23-22-14)20(26)24-10-4-6-15(13-24)8-9-18(25)21-12-16-5-3-7-17(11-16)27-2/h3,5,7,11,15H,4,6,8-10,12-13H2,1-2H3,(H,21,25)/t15-/m1/s1. The molecule has 1 aromatic heterocycles. The molecule has 150 valence electrons. The number of methoxy groups -OCH3 is 1. The molecular formula is C20H26N4O3S. The molecule has 1 fully saturated rings. The lowest BCUT2D eigenvalue weighted by Crippen LogP contribution is -2.40. The minimum absolute atomic E-state index is 0.0136. The molecule has 28 heavy (non-hydrogen) atoms. The van der Waals surface area contributed by atoms with E-state index in [0.717, 1.165) is 48.7 Å². The maximum Gasteiger partial charge on any atom is 0.267 e. The summed E-state index contributed by atoms with van der Waals surface area (Å²) < 4.78 is 9.06. The molecule has 1 N–H and O–H groups in total. The Morgan fingerprint density at radius 3 is 3.00 bits per heavy atom. The van der Waals surface area contributed by atoms with Crippen LogP contribution in [0, 0.1) is 12.8 Å². The van der Waals surface area contributed by atoms with Crippen molar-refractivity contribution >= 4 is 23.3 Å². The van der Waals surface area contributed by atoms with E-state index >= 15 is 0 Å². The first-order valence-electron chi connectivity index (χ1n) is 9.54. The third-order valence-corrected chi connectivity index (χ3v) is 5.87. The van der Waals surface area contributed by atoms with Crippen LogP contribution in [0.15, 0.2) is 24.3 Å². The number of aryl methyl sites for hydroxylation is 1. The molecule has 0 radical (unpaired) electrons. The van der Waals surface area contributed by atoms with Crippen LogP contribution >= 0.6 is 11.5 Å². The Kier molecular flexibility index (Phi) is 6.97. The SMILES string of the molecule is COc1cccc(CNC(=O)CC[C@H]2CCCN(C(=O)c3snnc3C)C2)c1. The van der Waals surface area contributed by atoms with Crippen molar-refractivity contribution in [1.29, 1.82) is 0 Å². The van der Waals surface area contributed by atoms with Crippen molar-refractivity contribution < 1.29 is 14.3 Å². The average molecular weight is 403 g/mol. The Labute approximate surface area is 169 Å². The van der Waals surface area contributed by atoms with Gasteiger partial charge in [-0.25, -0.2) is 0 Å². The molecule has 8 heteroatoms. The van der Waals surface area contributed by atoms with Gasteiger partial charge in [0.2, 0.25) is 5.91 Å². The molecule has 2 aromatic rings. The summed E-state index contributed by atoms with van der Waals surface area (Å²) in [5.41, 5.74) is 1.70. The largest absolute Gasteiger partial charge is 0.497 e. The van der Waals surface area contributed by atoms with Gasteiger partial charge < -0.3 is 15.0 Å². The Morgan fingerprint density at radius 1 is 1.39 bits per heavy atom. The number of ether oxygens (including phenoxy) is 1. The van der Waals surface area contributed by atoms with Gasteiger partial charge in [-0.15, -0.1) is 5.10 Å². The first kappa shape index (κ1) is 20.3. The molecule has 1 atom stereocenters. The molecule has 1 saturated heterocycles. The van der Waals surface area contributed by atoms with Crippen molar-refractivity contribution in [2.75, 3.05) is 20.2 Å². The van der Waals surface area contributed by atoms with Crippen molar-refractivity contribution in [3.05, 3.63) is 40.4 Å². The highest BCUT2D eigenvalue weighted by atomic mass is 32.1. The molecule has 0 aliphatic carbocycles. The predicted octanol–water partition coefficient (Wildman–Crippen LogP) is 2.80. The number of rotatable bonds is 7. The Hall–Kier alpha value is -2.48. The second kappa shape index (κ2) is 9.64. The number of benzene rings is 1. The molecule has 2 amide bonds. The summed E-state index contributed by atoms with van der Waals surface area (Å²) in [7, 11) is 1.63. The number of amides is 2. The molecule has 2 heterocycles. The van der Waals surface area contributed by atoms with Crippen LogP contribution in [0.3, 0.4) is 0 Å². The summed E-state index contributed by atoms with van der Waals surface area (Å²) in [5, 5.41) is 6.89. The fraction of sp³-hybridized carbons (Fsp3) is 0.500. The Bertz CT molecular complexity index is 823. The van der Waals surface area contributed by atoms with Crippen LogP contribution in [0.25, 0.3) is 0 Å². The summed E-state index contributed by atoms with van der Waals surface area (Å²) >= 11 is 1.15. The second-order valence-electron chi connectivity index (χ2n) is 7.11. The van der Waals surface area contributed by atoms with Crippen molar-refractivity contribution in [3.63, 3.8) is 0 Å². The van der Waals surface area contributed by atoms with Gasteiger partial charge in [-0.1, -0.05) is 16.6 Å². The van der Waals surface area contributed by atoms with Crippen molar-refractivity contribution in [2.45, 2.75) is 39.2 Å². The van der Waals surface area contributed by atoms with Gasteiger partial charge in [0, 0.05) is 26.1 Å². The number of hydrogen-bond donors (Lipinski definition) is 1. The molecule has 0 saturated carbocycles. The number of likely N-dealkylation sites (tertiary alicyclic amines) is 1. The fourth-order valence-electron chi connectivity index (χ4n) is 3.46. The smallest absolute Gasteiger partial charge is 0.267 e. The monoisotopic (exact) mass is 402 g/mol. The van der Waals surface area contributed by atoms with E-state index < -0.39 is 0 Å². The number of carbonyl (C=O) groups excluding carboxylic acids is 2. The van der Waals surface area contributed by atoms with Crippen LogP contribution in [0.4, 0.5) is 0 Å². The van der Waals surface area contributed by atoms with E-state index in [1.165, 1.54) is 0 Å². The van der Waals surface area contributed by atoms with Gasteiger partial charge in [0.15, 0.2) is 0 Å². The maximum absolute atomic E-state index is 12.6. The van der Waals surface area contributed by atoms with Crippen LogP contribution in [0.1, 0.15) is 46.6 Å². The number of nitrogens with one attached hydrogen (secondary N) is 1. The molecule has 3 rings (SSSR count). The highest BCUT2D eigenvalue weighted by Gasteiger charge is 2.27.